The maximum absolute atomic E-state index is 5.50. The van der Waals surface area contributed by atoms with Gasteiger partial charge in [0, 0.05) is 5.92 Å². The van der Waals surface area contributed by atoms with E-state index in [1.54, 1.807) is 9.80 Å². The maximum atomic E-state index is 5.50. The monoisotopic (exact) mass is 374 g/mol. The first-order chi connectivity index (χ1) is 13.2. The van der Waals surface area contributed by atoms with E-state index in [-0.39, 0.29) is 0 Å². The number of fused-ring (bicyclic) bond motifs is 1. The van der Waals surface area contributed by atoms with Gasteiger partial charge in [0.05, 0.1) is 13.1 Å². The van der Waals surface area contributed by atoms with E-state index in [1.165, 1.54) is 32.7 Å². The van der Waals surface area contributed by atoms with Gasteiger partial charge in [-0.1, -0.05) is 19.9 Å². The number of piperazine rings is 1. The van der Waals surface area contributed by atoms with Crippen LogP contribution in [0.5, 0.6) is 11.5 Å². The van der Waals surface area contributed by atoms with E-state index in [2.05, 4.69) is 42.4 Å². The summed E-state index contributed by atoms with van der Waals surface area (Å²) in [4.78, 5) is 3.30. The number of benzene rings is 1. The molecule has 0 spiro atoms. The maximum Gasteiger partial charge on any atom is 0.231 e. The van der Waals surface area contributed by atoms with Crippen LogP contribution in [0.2, 0.25) is 0 Å². The van der Waals surface area contributed by atoms with Gasteiger partial charge in [0.1, 0.15) is 26.2 Å². The van der Waals surface area contributed by atoms with Gasteiger partial charge in [0.15, 0.2) is 17.5 Å². The Hall–Kier alpha value is -2.19. The lowest BCUT2D eigenvalue weighted by atomic mass is 10.0. The van der Waals surface area contributed by atoms with Crippen LogP contribution in [0.4, 0.5) is 0 Å². The van der Waals surface area contributed by atoms with Gasteiger partial charge in [-0.05, 0) is 35.0 Å². The minimum Gasteiger partial charge on any atom is -0.454 e. The molecule has 3 heterocycles. The van der Waals surface area contributed by atoms with Crippen molar-refractivity contribution in [3.05, 3.63) is 29.6 Å². The van der Waals surface area contributed by atoms with Crippen molar-refractivity contribution in [1.29, 1.82) is 0 Å². The molecule has 0 radical (unpaired) electrons. The molecular formula is C19H30N6O2+2. The topological polar surface area (TPSA) is 70.9 Å². The number of nitrogens with zero attached hydrogens (tertiary/aromatic N) is 4. The molecule has 0 saturated carbocycles. The Morgan fingerprint density at radius 3 is 2.63 bits per heavy atom. The fourth-order valence-corrected chi connectivity index (χ4v) is 4.30. The fraction of sp³-hybridized carbons (Fsp3) is 0.632. The van der Waals surface area contributed by atoms with Gasteiger partial charge in [0.25, 0.3) is 0 Å². The SMILES string of the molecule is CC[NH+]1CC[NH+]([C@H](c2nnnn2Cc2ccc3c(c2)OCO3)C(C)C)CC1. The lowest BCUT2D eigenvalue weighted by molar-refractivity contribution is -1.03. The van der Waals surface area contributed by atoms with Crippen molar-refractivity contribution in [1.82, 2.24) is 20.2 Å². The Bertz CT molecular complexity index is 769. The van der Waals surface area contributed by atoms with Crippen LogP contribution in [0.3, 0.4) is 0 Å². The van der Waals surface area contributed by atoms with Crippen LogP contribution in [0.15, 0.2) is 18.2 Å². The number of rotatable bonds is 6. The zero-order valence-electron chi connectivity index (χ0n) is 16.4. The minimum absolute atomic E-state index is 0.291. The number of ether oxygens (including phenoxy) is 2. The van der Waals surface area contributed by atoms with Crippen LogP contribution >= 0.6 is 0 Å². The van der Waals surface area contributed by atoms with Crippen LogP contribution in [-0.4, -0.2) is 59.7 Å². The van der Waals surface area contributed by atoms with Gasteiger partial charge >= 0.3 is 0 Å². The second kappa shape index (κ2) is 7.82. The van der Waals surface area contributed by atoms with Crippen LogP contribution in [0.25, 0.3) is 0 Å². The Kier molecular flexibility index (Phi) is 5.27. The van der Waals surface area contributed by atoms with Crippen LogP contribution in [0, 0.1) is 5.92 Å². The first-order valence-electron chi connectivity index (χ1n) is 9.98. The molecule has 146 valence electrons. The molecule has 27 heavy (non-hydrogen) atoms. The summed E-state index contributed by atoms with van der Waals surface area (Å²) in [6.07, 6.45) is 0. The third-order valence-electron chi connectivity index (χ3n) is 5.81. The summed E-state index contributed by atoms with van der Waals surface area (Å²) < 4.78 is 12.9. The van der Waals surface area contributed by atoms with Crippen LogP contribution in [-0.2, 0) is 6.54 Å². The first-order valence-corrected chi connectivity index (χ1v) is 9.98. The highest BCUT2D eigenvalue weighted by Crippen LogP contribution is 2.32. The summed E-state index contributed by atoms with van der Waals surface area (Å²) in [5.74, 6) is 3.06. The van der Waals surface area contributed by atoms with E-state index >= 15 is 0 Å². The van der Waals surface area contributed by atoms with E-state index in [9.17, 15) is 0 Å². The second-order valence-electron chi connectivity index (χ2n) is 7.87. The van der Waals surface area contributed by atoms with Crippen molar-refractivity contribution in [2.24, 2.45) is 5.92 Å². The molecule has 1 aromatic carbocycles. The number of quaternary nitrogens is 2. The average molecular weight is 374 g/mol. The van der Waals surface area contributed by atoms with Gasteiger partial charge in [0.2, 0.25) is 12.6 Å². The molecule has 2 aromatic rings. The average Bonchev–Trinajstić information content (AvgIpc) is 3.32. The summed E-state index contributed by atoms with van der Waals surface area (Å²) in [6, 6.07) is 6.35. The number of nitrogens with one attached hydrogen (secondary N) is 2. The lowest BCUT2D eigenvalue weighted by Crippen LogP contribution is -3.28. The van der Waals surface area contributed by atoms with Crippen molar-refractivity contribution in [3.63, 3.8) is 0 Å². The summed E-state index contributed by atoms with van der Waals surface area (Å²) in [5, 5.41) is 12.7. The Labute approximate surface area is 160 Å². The molecule has 8 nitrogen and oxygen atoms in total. The van der Waals surface area contributed by atoms with Crippen molar-refractivity contribution in [3.8, 4) is 11.5 Å². The van der Waals surface area contributed by atoms with Crippen LogP contribution in [0.1, 0.15) is 38.2 Å². The molecule has 0 unspecified atom stereocenters. The van der Waals surface area contributed by atoms with Crippen LogP contribution < -0.4 is 19.3 Å². The third kappa shape index (κ3) is 3.77. The number of aromatic nitrogens is 4. The number of tetrazole rings is 1. The van der Waals surface area contributed by atoms with E-state index < -0.39 is 0 Å². The molecule has 1 atom stereocenters. The van der Waals surface area contributed by atoms with E-state index in [1.807, 2.05) is 16.8 Å². The molecule has 1 aromatic heterocycles. The first kappa shape index (κ1) is 18.2. The van der Waals surface area contributed by atoms with Gasteiger partial charge in [-0.2, -0.15) is 0 Å². The van der Waals surface area contributed by atoms with Crippen molar-refractivity contribution in [2.45, 2.75) is 33.4 Å². The molecule has 0 aliphatic carbocycles. The zero-order chi connectivity index (χ0) is 18.8. The van der Waals surface area contributed by atoms with E-state index in [4.69, 9.17) is 9.47 Å². The molecule has 0 amide bonds. The largest absolute Gasteiger partial charge is 0.454 e. The summed E-state index contributed by atoms with van der Waals surface area (Å²) in [5.41, 5.74) is 1.12. The van der Waals surface area contributed by atoms with E-state index in [0.717, 1.165) is 22.9 Å². The number of hydrogen-bond donors (Lipinski definition) is 2. The smallest absolute Gasteiger partial charge is 0.231 e. The predicted molar refractivity (Wildman–Crippen MR) is 99.0 cm³/mol. The molecular weight excluding hydrogens is 344 g/mol. The molecule has 2 aliphatic heterocycles. The molecule has 1 saturated heterocycles. The highest BCUT2D eigenvalue weighted by Gasteiger charge is 2.36. The minimum atomic E-state index is 0.291. The molecule has 2 N–H and O–H groups in total. The zero-order valence-corrected chi connectivity index (χ0v) is 16.4. The standard InChI is InChI=1S/C19H28N6O2/c1-4-23-7-9-24(10-8-23)18(14(2)3)19-20-21-22-25(19)12-15-5-6-16-17(11-15)27-13-26-16/h5-6,11,14,18H,4,7-10,12-13H2,1-3H3/p+2/t18-/m0/s1. The van der Waals surface area contributed by atoms with Gasteiger partial charge in [-0.15, -0.1) is 5.10 Å². The Morgan fingerprint density at radius 2 is 1.89 bits per heavy atom. The molecule has 8 heteroatoms. The third-order valence-corrected chi connectivity index (χ3v) is 5.81. The summed E-state index contributed by atoms with van der Waals surface area (Å²) >= 11 is 0. The fourth-order valence-electron chi connectivity index (χ4n) is 4.30. The predicted octanol–water partition coefficient (Wildman–Crippen LogP) is -1.05. The Balaban J connectivity index is 1.54. The number of likely N-dealkylation sites (N-methyl/N-ethyl adjacent to an activating group) is 1. The Morgan fingerprint density at radius 1 is 1.11 bits per heavy atom. The molecule has 2 aliphatic rings. The molecule has 4 rings (SSSR count). The number of hydrogen-bond acceptors (Lipinski definition) is 5. The van der Waals surface area contributed by atoms with Gasteiger partial charge in [-0.3, -0.25) is 0 Å². The second-order valence-corrected chi connectivity index (χ2v) is 7.87. The highest BCUT2D eigenvalue weighted by atomic mass is 16.7. The van der Waals surface area contributed by atoms with Crippen molar-refractivity contribution >= 4 is 0 Å². The molecule has 1 fully saturated rings. The van der Waals surface area contributed by atoms with Crippen molar-refractivity contribution < 1.29 is 19.3 Å². The summed E-state index contributed by atoms with van der Waals surface area (Å²) in [6.45, 7) is 13.7. The quantitative estimate of drug-likeness (QED) is 0.675. The highest BCUT2D eigenvalue weighted by molar-refractivity contribution is 5.44. The normalized spacial score (nSPS) is 23.0. The van der Waals surface area contributed by atoms with Gasteiger partial charge < -0.3 is 19.3 Å². The lowest BCUT2D eigenvalue weighted by Gasteiger charge is -2.35. The molecule has 0 bridgehead atoms. The van der Waals surface area contributed by atoms with Crippen molar-refractivity contribution in [2.75, 3.05) is 39.5 Å². The van der Waals surface area contributed by atoms with E-state index in [0.29, 0.717) is 25.3 Å². The van der Waals surface area contributed by atoms with Gasteiger partial charge in [-0.25, -0.2) is 4.68 Å². The summed E-state index contributed by atoms with van der Waals surface area (Å²) in [7, 11) is 0.